The Morgan fingerprint density at radius 3 is 2.68 bits per heavy atom. The standard InChI is InChI=1S/C14H19ClO3S/c1-3-4-9-13(14(16)18-2)19(17)10-11-7-5-6-8-12(11)15/h5-8,13H,3-4,9-10H2,1-2H3. The van der Waals surface area contributed by atoms with E-state index in [9.17, 15) is 9.00 Å². The molecule has 0 aliphatic carbocycles. The first kappa shape index (κ1) is 16.2. The molecule has 2 unspecified atom stereocenters. The third-order valence-electron chi connectivity index (χ3n) is 2.86. The number of carbonyl (C=O) groups is 1. The van der Waals surface area contributed by atoms with Crippen LogP contribution in [0.1, 0.15) is 31.7 Å². The van der Waals surface area contributed by atoms with Gasteiger partial charge in [0.2, 0.25) is 0 Å². The molecule has 0 spiro atoms. The second kappa shape index (κ2) is 8.33. The molecule has 0 heterocycles. The molecule has 0 fully saturated rings. The lowest BCUT2D eigenvalue weighted by Gasteiger charge is -2.14. The molecule has 0 N–H and O–H groups in total. The highest BCUT2D eigenvalue weighted by atomic mass is 35.5. The summed E-state index contributed by atoms with van der Waals surface area (Å²) in [6.07, 6.45) is 2.39. The summed E-state index contributed by atoms with van der Waals surface area (Å²) in [6.45, 7) is 2.03. The second-order valence-corrected chi connectivity index (χ2v) is 6.30. The summed E-state index contributed by atoms with van der Waals surface area (Å²) in [6, 6.07) is 7.25. The van der Waals surface area contributed by atoms with Gasteiger partial charge in [-0.1, -0.05) is 49.6 Å². The van der Waals surface area contributed by atoms with Crippen LogP contribution in [0.5, 0.6) is 0 Å². The van der Waals surface area contributed by atoms with Gasteiger partial charge in [-0.05, 0) is 18.1 Å². The smallest absolute Gasteiger partial charge is 0.321 e. The Bertz CT molecular complexity index is 448. The first-order chi connectivity index (χ1) is 9.10. The molecule has 0 aliphatic rings. The van der Waals surface area contributed by atoms with Crippen LogP contribution in [0.15, 0.2) is 24.3 Å². The van der Waals surface area contributed by atoms with Crippen LogP contribution in [0.2, 0.25) is 5.02 Å². The lowest BCUT2D eigenvalue weighted by Crippen LogP contribution is -2.28. The molecular formula is C14H19ClO3S. The van der Waals surface area contributed by atoms with E-state index in [0.717, 1.165) is 18.4 Å². The number of hydrogen-bond donors (Lipinski definition) is 0. The van der Waals surface area contributed by atoms with Gasteiger partial charge in [0.25, 0.3) is 0 Å². The fraction of sp³-hybridized carbons (Fsp3) is 0.500. The number of rotatable bonds is 7. The van der Waals surface area contributed by atoms with Crippen LogP contribution in [0.4, 0.5) is 0 Å². The average molecular weight is 303 g/mol. The van der Waals surface area contributed by atoms with Crippen molar-refractivity contribution >= 4 is 28.4 Å². The molecule has 0 amide bonds. The Hall–Kier alpha value is -0.870. The van der Waals surface area contributed by atoms with Crippen LogP contribution in [-0.4, -0.2) is 22.5 Å². The Morgan fingerprint density at radius 2 is 2.11 bits per heavy atom. The van der Waals surface area contributed by atoms with E-state index in [0.29, 0.717) is 11.4 Å². The number of unbranched alkanes of at least 4 members (excludes halogenated alkanes) is 1. The molecule has 0 aliphatic heterocycles. The molecule has 106 valence electrons. The van der Waals surface area contributed by atoms with Crippen molar-refractivity contribution < 1.29 is 13.7 Å². The second-order valence-electron chi connectivity index (χ2n) is 4.27. The van der Waals surface area contributed by atoms with Crippen molar-refractivity contribution in [3.05, 3.63) is 34.9 Å². The van der Waals surface area contributed by atoms with Gasteiger partial charge in [0.1, 0.15) is 5.25 Å². The summed E-state index contributed by atoms with van der Waals surface area (Å²) in [7, 11) is 0.0178. The molecule has 0 radical (unpaired) electrons. The van der Waals surface area contributed by atoms with Gasteiger partial charge in [-0.2, -0.15) is 0 Å². The van der Waals surface area contributed by atoms with Crippen molar-refractivity contribution in [3.63, 3.8) is 0 Å². The normalized spacial score (nSPS) is 13.8. The molecule has 19 heavy (non-hydrogen) atoms. The Morgan fingerprint density at radius 1 is 1.42 bits per heavy atom. The molecule has 1 aromatic carbocycles. The molecule has 1 rings (SSSR count). The van der Waals surface area contributed by atoms with Gasteiger partial charge in [0, 0.05) is 15.8 Å². The highest BCUT2D eigenvalue weighted by Gasteiger charge is 2.25. The number of benzene rings is 1. The van der Waals surface area contributed by atoms with E-state index < -0.39 is 22.0 Å². The van der Waals surface area contributed by atoms with Crippen molar-refractivity contribution in [2.24, 2.45) is 0 Å². The molecule has 5 heteroatoms. The zero-order valence-electron chi connectivity index (χ0n) is 11.2. The molecule has 0 bridgehead atoms. The van der Waals surface area contributed by atoms with Gasteiger partial charge in [0.15, 0.2) is 0 Å². The fourth-order valence-electron chi connectivity index (χ4n) is 1.75. The summed E-state index contributed by atoms with van der Waals surface area (Å²) in [4.78, 5) is 11.7. The quantitative estimate of drug-likeness (QED) is 0.726. The number of ether oxygens (including phenoxy) is 1. The van der Waals surface area contributed by atoms with E-state index in [-0.39, 0.29) is 5.75 Å². The predicted molar refractivity (Wildman–Crippen MR) is 78.6 cm³/mol. The minimum atomic E-state index is -1.31. The van der Waals surface area contributed by atoms with Crippen molar-refractivity contribution in [3.8, 4) is 0 Å². The highest BCUT2D eigenvalue weighted by molar-refractivity contribution is 7.85. The minimum Gasteiger partial charge on any atom is -0.468 e. The van der Waals surface area contributed by atoms with E-state index >= 15 is 0 Å². The number of hydrogen-bond acceptors (Lipinski definition) is 3. The minimum absolute atomic E-state index is 0.281. The van der Waals surface area contributed by atoms with Crippen LogP contribution >= 0.6 is 11.6 Å². The summed E-state index contributed by atoms with van der Waals surface area (Å²) >= 11 is 6.04. The number of halogens is 1. The largest absolute Gasteiger partial charge is 0.468 e. The van der Waals surface area contributed by atoms with E-state index in [1.807, 2.05) is 25.1 Å². The Balaban J connectivity index is 2.77. The maximum atomic E-state index is 12.3. The van der Waals surface area contributed by atoms with Gasteiger partial charge in [-0.25, -0.2) is 0 Å². The van der Waals surface area contributed by atoms with E-state index in [4.69, 9.17) is 16.3 Å². The van der Waals surface area contributed by atoms with Crippen molar-refractivity contribution in [1.29, 1.82) is 0 Å². The number of esters is 1. The van der Waals surface area contributed by atoms with E-state index in [1.54, 1.807) is 6.07 Å². The van der Waals surface area contributed by atoms with Gasteiger partial charge in [-0.3, -0.25) is 9.00 Å². The summed E-state index contributed by atoms with van der Waals surface area (Å²) in [5.41, 5.74) is 0.799. The average Bonchev–Trinajstić information content (AvgIpc) is 2.41. The van der Waals surface area contributed by atoms with Crippen LogP contribution in [0.25, 0.3) is 0 Å². The monoisotopic (exact) mass is 302 g/mol. The van der Waals surface area contributed by atoms with E-state index in [1.165, 1.54) is 7.11 Å². The summed E-state index contributed by atoms with van der Waals surface area (Å²) < 4.78 is 17.1. The van der Waals surface area contributed by atoms with Crippen molar-refractivity contribution in [2.75, 3.05) is 7.11 Å². The molecule has 1 aromatic rings. The maximum Gasteiger partial charge on any atom is 0.321 e. The van der Waals surface area contributed by atoms with Crippen LogP contribution in [0, 0.1) is 0 Å². The lowest BCUT2D eigenvalue weighted by molar-refractivity contribution is -0.140. The third kappa shape index (κ3) is 4.96. The fourth-order valence-corrected chi connectivity index (χ4v) is 3.53. The van der Waals surface area contributed by atoms with Crippen LogP contribution < -0.4 is 0 Å². The SMILES string of the molecule is CCCCC(C(=O)OC)S(=O)Cc1ccccc1Cl. The molecular weight excluding hydrogens is 284 g/mol. The first-order valence-corrected chi connectivity index (χ1v) is 8.04. The van der Waals surface area contributed by atoms with Crippen molar-refractivity contribution in [1.82, 2.24) is 0 Å². The topological polar surface area (TPSA) is 43.4 Å². The zero-order chi connectivity index (χ0) is 14.3. The zero-order valence-corrected chi connectivity index (χ0v) is 12.8. The molecule has 3 nitrogen and oxygen atoms in total. The highest BCUT2D eigenvalue weighted by Crippen LogP contribution is 2.20. The maximum absolute atomic E-state index is 12.3. The Kier molecular flexibility index (Phi) is 7.10. The number of carbonyl (C=O) groups excluding carboxylic acids is 1. The molecule has 0 aromatic heterocycles. The van der Waals surface area contributed by atoms with Crippen LogP contribution in [-0.2, 0) is 26.1 Å². The molecule has 0 saturated heterocycles. The molecule has 0 saturated carbocycles. The van der Waals surface area contributed by atoms with Crippen LogP contribution in [0.3, 0.4) is 0 Å². The van der Waals surface area contributed by atoms with Crippen molar-refractivity contribution in [2.45, 2.75) is 37.2 Å². The summed E-state index contributed by atoms with van der Waals surface area (Å²) in [5, 5.41) is 0.0104. The lowest BCUT2D eigenvalue weighted by atomic mass is 10.2. The number of methoxy groups -OCH3 is 1. The van der Waals surface area contributed by atoms with Gasteiger partial charge in [-0.15, -0.1) is 0 Å². The predicted octanol–water partition coefficient (Wildman–Crippen LogP) is 3.32. The third-order valence-corrected chi connectivity index (χ3v) is 4.88. The summed E-state index contributed by atoms with van der Waals surface area (Å²) in [5.74, 6) is -0.123. The van der Waals surface area contributed by atoms with E-state index in [2.05, 4.69) is 0 Å². The molecule has 2 atom stereocenters. The van der Waals surface area contributed by atoms with Gasteiger partial charge < -0.3 is 4.74 Å². The Labute approximate surface area is 121 Å². The van der Waals surface area contributed by atoms with Gasteiger partial charge >= 0.3 is 5.97 Å². The van der Waals surface area contributed by atoms with Gasteiger partial charge in [0.05, 0.1) is 12.9 Å². The first-order valence-electron chi connectivity index (χ1n) is 6.28.